The molecule has 0 spiro atoms. The van der Waals surface area contributed by atoms with E-state index in [4.69, 9.17) is 4.74 Å². The van der Waals surface area contributed by atoms with Crippen molar-refractivity contribution < 1.29 is 4.74 Å². The minimum Gasteiger partial charge on any atom is -0.372 e. The van der Waals surface area contributed by atoms with Crippen LogP contribution in [-0.4, -0.2) is 39.3 Å². The van der Waals surface area contributed by atoms with E-state index in [9.17, 15) is 0 Å². The van der Waals surface area contributed by atoms with Crippen LogP contribution in [0, 0.1) is 0 Å². The van der Waals surface area contributed by atoms with Gasteiger partial charge in [-0.25, -0.2) is 0 Å². The van der Waals surface area contributed by atoms with Crippen molar-refractivity contribution in [2.75, 3.05) is 6.61 Å². The highest BCUT2D eigenvalue weighted by Crippen LogP contribution is 2.17. The van der Waals surface area contributed by atoms with Crippen LogP contribution >= 0.6 is 0 Å². The zero-order chi connectivity index (χ0) is 11.9. The van der Waals surface area contributed by atoms with Gasteiger partial charge in [0.05, 0.1) is 6.61 Å². The van der Waals surface area contributed by atoms with Crippen molar-refractivity contribution in [2.45, 2.75) is 57.7 Å². The summed E-state index contributed by atoms with van der Waals surface area (Å²) in [6.45, 7) is 3.27. The van der Waals surface area contributed by atoms with Gasteiger partial charge in [0, 0.05) is 12.1 Å². The van der Waals surface area contributed by atoms with E-state index in [0.717, 1.165) is 0 Å². The summed E-state index contributed by atoms with van der Waals surface area (Å²) in [5.74, 6) is 0.606. The molecule has 6 nitrogen and oxygen atoms in total. The van der Waals surface area contributed by atoms with E-state index in [1.807, 2.05) is 0 Å². The largest absolute Gasteiger partial charge is 0.372 e. The molecule has 0 bridgehead atoms. The predicted molar refractivity (Wildman–Crippen MR) is 63.3 cm³/mol. The number of aromatic amines is 1. The van der Waals surface area contributed by atoms with E-state index in [-0.39, 0.29) is 0 Å². The number of rotatable bonds is 6. The van der Waals surface area contributed by atoms with Crippen molar-refractivity contribution in [1.29, 1.82) is 0 Å². The van der Waals surface area contributed by atoms with Gasteiger partial charge >= 0.3 is 0 Å². The normalized spacial score (nSPS) is 19.4. The van der Waals surface area contributed by atoms with Crippen molar-refractivity contribution in [2.24, 2.45) is 0 Å². The SMILES string of the molecule is C[C@@H](COCc1nn[nH]n1)NC1CCCCC1. The van der Waals surface area contributed by atoms with Crippen molar-refractivity contribution >= 4 is 0 Å². The Bertz CT molecular complexity index is 297. The van der Waals surface area contributed by atoms with Gasteiger partial charge in [0.25, 0.3) is 0 Å². The molecule has 0 unspecified atom stereocenters. The quantitative estimate of drug-likeness (QED) is 0.775. The fourth-order valence-electron chi connectivity index (χ4n) is 2.29. The smallest absolute Gasteiger partial charge is 0.200 e. The summed E-state index contributed by atoms with van der Waals surface area (Å²) in [7, 11) is 0. The van der Waals surface area contributed by atoms with Crippen LogP contribution in [0.1, 0.15) is 44.9 Å². The maximum Gasteiger partial charge on any atom is 0.200 e. The third kappa shape index (κ3) is 4.40. The van der Waals surface area contributed by atoms with Crippen molar-refractivity contribution in [3.8, 4) is 0 Å². The number of nitrogens with one attached hydrogen (secondary N) is 2. The molecule has 0 saturated heterocycles. The summed E-state index contributed by atoms with van der Waals surface area (Å²) < 4.78 is 5.53. The van der Waals surface area contributed by atoms with Gasteiger partial charge in [-0.3, -0.25) is 0 Å². The molecule has 0 aliphatic heterocycles. The fourth-order valence-corrected chi connectivity index (χ4v) is 2.29. The van der Waals surface area contributed by atoms with Gasteiger partial charge in [0.1, 0.15) is 6.61 Å². The average Bonchev–Trinajstić information content (AvgIpc) is 2.83. The Morgan fingerprint density at radius 3 is 2.94 bits per heavy atom. The van der Waals surface area contributed by atoms with E-state index in [0.29, 0.717) is 31.1 Å². The zero-order valence-corrected chi connectivity index (χ0v) is 10.4. The number of H-pyrrole nitrogens is 1. The first-order chi connectivity index (χ1) is 8.34. The third-order valence-corrected chi connectivity index (χ3v) is 3.11. The molecule has 0 radical (unpaired) electrons. The topological polar surface area (TPSA) is 75.7 Å². The lowest BCUT2D eigenvalue weighted by atomic mass is 9.95. The highest BCUT2D eigenvalue weighted by Gasteiger charge is 2.15. The van der Waals surface area contributed by atoms with Crippen LogP contribution < -0.4 is 5.32 Å². The first kappa shape index (κ1) is 12.4. The summed E-state index contributed by atoms with van der Waals surface area (Å²) >= 11 is 0. The molecular weight excluding hydrogens is 218 g/mol. The number of tetrazole rings is 1. The molecule has 1 aromatic rings. The van der Waals surface area contributed by atoms with Crippen LogP contribution in [0.4, 0.5) is 0 Å². The maximum absolute atomic E-state index is 5.53. The minimum atomic E-state index is 0.380. The molecule has 17 heavy (non-hydrogen) atoms. The molecule has 96 valence electrons. The second-order valence-corrected chi connectivity index (χ2v) is 4.75. The van der Waals surface area contributed by atoms with E-state index in [1.165, 1.54) is 32.1 Å². The molecule has 1 fully saturated rings. The molecule has 1 aromatic heterocycles. The van der Waals surface area contributed by atoms with Crippen LogP contribution in [-0.2, 0) is 11.3 Å². The number of hydrogen-bond donors (Lipinski definition) is 2. The highest BCUT2D eigenvalue weighted by molar-refractivity contribution is 4.76. The monoisotopic (exact) mass is 239 g/mol. The van der Waals surface area contributed by atoms with Gasteiger partial charge in [-0.15, -0.1) is 10.2 Å². The number of hydrogen-bond acceptors (Lipinski definition) is 5. The van der Waals surface area contributed by atoms with Gasteiger partial charge in [0.2, 0.25) is 0 Å². The Morgan fingerprint density at radius 1 is 1.41 bits per heavy atom. The molecule has 2 N–H and O–H groups in total. The molecule has 6 heteroatoms. The Hall–Kier alpha value is -1.01. The summed E-state index contributed by atoms with van der Waals surface area (Å²) in [6.07, 6.45) is 6.70. The number of nitrogens with zero attached hydrogens (tertiary/aromatic N) is 3. The van der Waals surface area contributed by atoms with Crippen LogP contribution in [0.15, 0.2) is 0 Å². The lowest BCUT2D eigenvalue weighted by Crippen LogP contribution is -2.40. The molecule has 2 rings (SSSR count). The minimum absolute atomic E-state index is 0.380. The van der Waals surface area contributed by atoms with E-state index >= 15 is 0 Å². The average molecular weight is 239 g/mol. The van der Waals surface area contributed by atoms with Crippen LogP contribution in [0.2, 0.25) is 0 Å². The molecule has 1 aliphatic rings. The van der Waals surface area contributed by atoms with Gasteiger partial charge in [-0.1, -0.05) is 24.5 Å². The molecule has 1 heterocycles. The van der Waals surface area contributed by atoms with Gasteiger partial charge < -0.3 is 10.1 Å². The fraction of sp³-hybridized carbons (Fsp3) is 0.909. The third-order valence-electron chi connectivity index (χ3n) is 3.11. The lowest BCUT2D eigenvalue weighted by molar-refractivity contribution is 0.0929. The predicted octanol–water partition coefficient (Wildman–Crippen LogP) is 1.03. The molecule has 0 amide bonds. The summed E-state index contributed by atoms with van der Waals surface area (Å²) in [5, 5.41) is 17.2. The molecule has 1 atom stereocenters. The second-order valence-electron chi connectivity index (χ2n) is 4.75. The van der Waals surface area contributed by atoms with Crippen LogP contribution in [0.25, 0.3) is 0 Å². The van der Waals surface area contributed by atoms with E-state index < -0.39 is 0 Å². The molecule has 0 aromatic carbocycles. The van der Waals surface area contributed by atoms with Gasteiger partial charge in [-0.05, 0) is 19.8 Å². The van der Waals surface area contributed by atoms with E-state index in [2.05, 4.69) is 32.9 Å². The lowest BCUT2D eigenvalue weighted by Gasteiger charge is -2.26. The summed E-state index contributed by atoms with van der Waals surface area (Å²) in [6, 6.07) is 1.05. The summed E-state index contributed by atoms with van der Waals surface area (Å²) in [4.78, 5) is 0. The first-order valence-electron chi connectivity index (χ1n) is 6.40. The van der Waals surface area contributed by atoms with Crippen LogP contribution in [0.5, 0.6) is 0 Å². The zero-order valence-electron chi connectivity index (χ0n) is 10.4. The maximum atomic E-state index is 5.53. The number of aromatic nitrogens is 4. The first-order valence-corrected chi connectivity index (χ1v) is 6.40. The standard InChI is InChI=1S/C11H21N5O/c1-9(12-10-5-3-2-4-6-10)7-17-8-11-13-15-16-14-11/h9-10,12H,2-8H2,1H3,(H,13,14,15,16)/t9-/m0/s1. The van der Waals surface area contributed by atoms with Crippen LogP contribution in [0.3, 0.4) is 0 Å². The highest BCUT2D eigenvalue weighted by atomic mass is 16.5. The van der Waals surface area contributed by atoms with Gasteiger partial charge in [-0.2, -0.15) is 5.21 Å². The van der Waals surface area contributed by atoms with Crippen molar-refractivity contribution in [3.63, 3.8) is 0 Å². The van der Waals surface area contributed by atoms with E-state index in [1.54, 1.807) is 0 Å². The Balaban J connectivity index is 1.58. The number of ether oxygens (including phenoxy) is 1. The van der Waals surface area contributed by atoms with Crippen molar-refractivity contribution in [3.05, 3.63) is 5.82 Å². The molecule has 1 saturated carbocycles. The van der Waals surface area contributed by atoms with Crippen molar-refractivity contribution in [1.82, 2.24) is 25.9 Å². The molecule has 1 aliphatic carbocycles. The molecular formula is C11H21N5O. The Kier molecular flexibility index (Phi) is 4.88. The Labute approximate surface area is 102 Å². The second kappa shape index (κ2) is 6.66. The summed E-state index contributed by atoms with van der Waals surface area (Å²) in [5.41, 5.74) is 0. The Morgan fingerprint density at radius 2 is 2.24 bits per heavy atom. The van der Waals surface area contributed by atoms with Gasteiger partial charge in [0.15, 0.2) is 5.82 Å².